The van der Waals surface area contributed by atoms with Crippen LogP contribution in [0, 0.1) is 23.5 Å². The Morgan fingerprint density at radius 1 is 1.09 bits per heavy atom. The Balaban J connectivity index is 1.50. The van der Waals surface area contributed by atoms with Gasteiger partial charge in [0.2, 0.25) is 5.88 Å². The molecule has 1 fully saturated rings. The van der Waals surface area contributed by atoms with Crippen LogP contribution in [0.15, 0.2) is 48.8 Å². The fourth-order valence-corrected chi connectivity index (χ4v) is 4.55. The lowest BCUT2D eigenvalue weighted by Gasteiger charge is -2.34. The SMILES string of the molecule is CC(C)[C@H]1CCNC[C@@H]1Oc1cncc(-c2n[nH]c3ccc(-c4c(F)cccc4F)cc23)n1. The molecule has 0 aliphatic carbocycles. The monoisotopic (exact) mass is 449 g/mol. The zero-order valence-corrected chi connectivity index (χ0v) is 18.5. The van der Waals surface area contributed by atoms with E-state index >= 15 is 0 Å². The van der Waals surface area contributed by atoms with E-state index in [1.165, 1.54) is 18.2 Å². The van der Waals surface area contributed by atoms with Gasteiger partial charge in [0.1, 0.15) is 29.1 Å². The number of halogens is 2. The second kappa shape index (κ2) is 8.86. The predicted molar refractivity (Wildman–Crippen MR) is 123 cm³/mol. The maximum atomic E-state index is 14.3. The molecular weight excluding hydrogens is 424 g/mol. The van der Waals surface area contributed by atoms with Crippen molar-refractivity contribution in [3.8, 4) is 28.4 Å². The van der Waals surface area contributed by atoms with E-state index in [4.69, 9.17) is 4.74 Å². The smallest absolute Gasteiger partial charge is 0.233 e. The Morgan fingerprint density at radius 2 is 1.91 bits per heavy atom. The van der Waals surface area contributed by atoms with Crippen LogP contribution in [-0.2, 0) is 0 Å². The van der Waals surface area contributed by atoms with Gasteiger partial charge in [0, 0.05) is 17.8 Å². The number of fused-ring (bicyclic) bond motifs is 1. The average Bonchev–Trinajstić information content (AvgIpc) is 3.23. The van der Waals surface area contributed by atoms with Crippen molar-refractivity contribution in [3.63, 3.8) is 0 Å². The first-order chi connectivity index (χ1) is 16.0. The molecule has 0 bridgehead atoms. The van der Waals surface area contributed by atoms with Crippen molar-refractivity contribution < 1.29 is 13.5 Å². The molecule has 0 saturated carbocycles. The van der Waals surface area contributed by atoms with E-state index in [1.54, 1.807) is 30.6 Å². The lowest BCUT2D eigenvalue weighted by molar-refractivity contribution is 0.0734. The molecule has 2 aromatic carbocycles. The van der Waals surface area contributed by atoms with Gasteiger partial charge in [0.15, 0.2) is 0 Å². The molecule has 0 unspecified atom stereocenters. The number of hydrogen-bond donors (Lipinski definition) is 2. The number of hydrogen-bond acceptors (Lipinski definition) is 5. The largest absolute Gasteiger partial charge is 0.472 e. The fourth-order valence-electron chi connectivity index (χ4n) is 4.55. The number of aromatic nitrogens is 4. The topological polar surface area (TPSA) is 75.7 Å². The van der Waals surface area contributed by atoms with Gasteiger partial charge in [0.25, 0.3) is 0 Å². The summed E-state index contributed by atoms with van der Waals surface area (Å²) in [5.74, 6) is 0.131. The molecule has 33 heavy (non-hydrogen) atoms. The summed E-state index contributed by atoms with van der Waals surface area (Å²) in [5, 5.41) is 11.4. The van der Waals surface area contributed by atoms with Crippen LogP contribution < -0.4 is 10.1 Å². The normalized spacial score (nSPS) is 18.7. The van der Waals surface area contributed by atoms with Gasteiger partial charge in [-0.05, 0) is 48.7 Å². The van der Waals surface area contributed by atoms with Crippen LogP contribution in [0.4, 0.5) is 8.78 Å². The van der Waals surface area contributed by atoms with Crippen molar-refractivity contribution in [2.45, 2.75) is 26.4 Å². The van der Waals surface area contributed by atoms with Crippen LogP contribution in [0.5, 0.6) is 5.88 Å². The summed E-state index contributed by atoms with van der Waals surface area (Å²) in [6, 6.07) is 8.97. The van der Waals surface area contributed by atoms with E-state index in [-0.39, 0.29) is 11.7 Å². The third-order valence-corrected chi connectivity index (χ3v) is 6.28. The van der Waals surface area contributed by atoms with Crippen LogP contribution in [0.2, 0.25) is 0 Å². The van der Waals surface area contributed by atoms with Crippen LogP contribution >= 0.6 is 0 Å². The van der Waals surface area contributed by atoms with Gasteiger partial charge >= 0.3 is 0 Å². The number of ether oxygens (including phenoxy) is 1. The molecule has 2 aromatic heterocycles. The van der Waals surface area contributed by atoms with Crippen molar-refractivity contribution in [2.75, 3.05) is 13.1 Å². The Labute approximate surface area is 190 Å². The van der Waals surface area contributed by atoms with Gasteiger partial charge in [-0.1, -0.05) is 26.0 Å². The van der Waals surface area contributed by atoms with E-state index in [0.717, 1.165) is 25.0 Å². The van der Waals surface area contributed by atoms with Crippen molar-refractivity contribution in [1.29, 1.82) is 0 Å². The van der Waals surface area contributed by atoms with Gasteiger partial charge in [-0.3, -0.25) is 10.1 Å². The van der Waals surface area contributed by atoms with E-state index in [9.17, 15) is 8.78 Å². The second-order valence-corrected chi connectivity index (χ2v) is 8.73. The zero-order chi connectivity index (χ0) is 22.9. The summed E-state index contributed by atoms with van der Waals surface area (Å²) in [5.41, 5.74) is 2.15. The lowest BCUT2D eigenvalue weighted by atomic mass is 9.85. The predicted octanol–water partition coefficient (Wildman–Crippen LogP) is 4.98. The number of benzene rings is 2. The molecule has 0 amide bonds. The maximum absolute atomic E-state index is 14.3. The summed E-state index contributed by atoms with van der Waals surface area (Å²) in [4.78, 5) is 8.96. The number of nitrogens with one attached hydrogen (secondary N) is 2. The molecule has 6 nitrogen and oxygen atoms in total. The molecule has 170 valence electrons. The first-order valence-electron chi connectivity index (χ1n) is 11.1. The van der Waals surface area contributed by atoms with E-state index < -0.39 is 11.6 Å². The number of rotatable bonds is 5. The minimum atomic E-state index is -0.615. The number of H-pyrrole nitrogens is 1. The highest BCUT2D eigenvalue weighted by Crippen LogP contribution is 2.33. The summed E-state index contributed by atoms with van der Waals surface area (Å²) in [7, 11) is 0. The lowest BCUT2D eigenvalue weighted by Crippen LogP contribution is -2.46. The summed E-state index contributed by atoms with van der Waals surface area (Å²) in [6.07, 6.45) is 4.27. The Bertz CT molecular complexity index is 1270. The number of aromatic amines is 1. The standard InChI is InChI=1S/C25H25F2N5O/c1-14(2)16-8-9-28-12-22(16)33-23-13-29-11-21(30-23)25-17-10-15(6-7-20(17)31-32-25)24-18(26)4-3-5-19(24)27/h3-7,10-11,13-14,16,22,28H,8-9,12H2,1-2H3,(H,31,32)/t16-,22+/m1/s1. The summed E-state index contributed by atoms with van der Waals surface area (Å²) < 4.78 is 34.9. The molecule has 1 saturated heterocycles. The molecule has 0 radical (unpaired) electrons. The molecule has 4 aromatic rings. The van der Waals surface area contributed by atoms with Crippen molar-refractivity contribution >= 4 is 10.9 Å². The Hall–Kier alpha value is -3.39. The van der Waals surface area contributed by atoms with Crippen molar-refractivity contribution in [1.82, 2.24) is 25.5 Å². The third-order valence-electron chi connectivity index (χ3n) is 6.28. The number of piperidine rings is 1. The first kappa shape index (κ1) is 21.5. The van der Waals surface area contributed by atoms with Gasteiger partial charge in [-0.2, -0.15) is 5.10 Å². The second-order valence-electron chi connectivity index (χ2n) is 8.73. The maximum Gasteiger partial charge on any atom is 0.233 e. The van der Waals surface area contributed by atoms with Crippen LogP contribution in [-0.4, -0.2) is 39.4 Å². The summed E-state index contributed by atoms with van der Waals surface area (Å²) in [6.45, 7) is 6.16. The quantitative estimate of drug-likeness (QED) is 0.450. The summed E-state index contributed by atoms with van der Waals surface area (Å²) >= 11 is 0. The Morgan fingerprint density at radius 3 is 2.70 bits per heavy atom. The highest BCUT2D eigenvalue weighted by molar-refractivity contribution is 5.94. The van der Waals surface area contributed by atoms with Gasteiger partial charge in [0.05, 0.1) is 23.5 Å². The highest BCUT2D eigenvalue weighted by atomic mass is 19.1. The van der Waals surface area contributed by atoms with Gasteiger partial charge in [-0.15, -0.1) is 0 Å². The van der Waals surface area contributed by atoms with Gasteiger partial charge < -0.3 is 10.1 Å². The molecule has 0 spiro atoms. The molecule has 1 aliphatic heterocycles. The molecule has 5 rings (SSSR count). The van der Waals surface area contributed by atoms with Crippen LogP contribution in [0.1, 0.15) is 20.3 Å². The first-order valence-corrected chi connectivity index (χ1v) is 11.1. The van der Waals surface area contributed by atoms with Crippen LogP contribution in [0.3, 0.4) is 0 Å². The third kappa shape index (κ3) is 4.18. The van der Waals surface area contributed by atoms with Crippen LogP contribution in [0.25, 0.3) is 33.4 Å². The average molecular weight is 450 g/mol. The number of nitrogens with zero attached hydrogens (tertiary/aromatic N) is 3. The molecule has 3 heterocycles. The van der Waals surface area contributed by atoms with E-state index in [0.29, 0.717) is 40.1 Å². The molecule has 2 atom stereocenters. The van der Waals surface area contributed by atoms with Crippen molar-refractivity contribution in [2.24, 2.45) is 11.8 Å². The Kier molecular flexibility index (Phi) is 5.76. The minimum absolute atomic E-state index is 0.00913. The molecule has 2 N–H and O–H groups in total. The molecular formula is C25H25F2N5O. The molecule has 1 aliphatic rings. The minimum Gasteiger partial charge on any atom is -0.472 e. The van der Waals surface area contributed by atoms with Crippen molar-refractivity contribution in [3.05, 3.63) is 60.4 Å². The highest BCUT2D eigenvalue weighted by Gasteiger charge is 2.29. The van der Waals surface area contributed by atoms with E-state index in [1.807, 2.05) is 0 Å². The van der Waals surface area contributed by atoms with E-state index in [2.05, 4.69) is 39.3 Å². The zero-order valence-electron chi connectivity index (χ0n) is 18.5. The molecule has 8 heteroatoms. The fraction of sp³-hybridized carbons (Fsp3) is 0.320. The van der Waals surface area contributed by atoms with Gasteiger partial charge in [-0.25, -0.2) is 13.8 Å².